The normalized spacial score (nSPS) is 12.2. The summed E-state index contributed by atoms with van der Waals surface area (Å²) in [5.74, 6) is 0.201. The van der Waals surface area contributed by atoms with Crippen LogP contribution in [-0.4, -0.2) is 24.2 Å². The largest absolute Gasteiger partial charge is 0.396 e. The van der Waals surface area contributed by atoms with Gasteiger partial charge in [-0.15, -0.1) is 0 Å². The summed E-state index contributed by atoms with van der Waals surface area (Å²) in [4.78, 5) is 11.8. The molecule has 0 aliphatic rings. The van der Waals surface area contributed by atoms with Gasteiger partial charge in [-0.3, -0.25) is 4.79 Å². The van der Waals surface area contributed by atoms with Crippen LogP contribution in [-0.2, 0) is 0 Å². The molecule has 0 radical (unpaired) electrons. The number of nitrogens with one attached hydrogen (secondary N) is 1. The molecule has 1 aromatic rings. The predicted molar refractivity (Wildman–Crippen MR) is 69.3 cm³/mol. The molecule has 17 heavy (non-hydrogen) atoms. The molecule has 1 aromatic carbocycles. The molecule has 0 aliphatic carbocycles. The van der Waals surface area contributed by atoms with E-state index in [0.29, 0.717) is 29.5 Å². The summed E-state index contributed by atoms with van der Waals surface area (Å²) < 4.78 is 0. The van der Waals surface area contributed by atoms with Crippen LogP contribution in [0.3, 0.4) is 0 Å². The first kappa shape index (κ1) is 14.0. The maximum atomic E-state index is 11.8. The first-order chi connectivity index (χ1) is 8.17. The van der Waals surface area contributed by atoms with Gasteiger partial charge >= 0.3 is 0 Å². The van der Waals surface area contributed by atoms with E-state index in [-0.39, 0.29) is 12.5 Å². The van der Waals surface area contributed by atoms with E-state index in [2.05, 4.69) is 5.32 Å². The lowest BCUT2D eigenvalue weighted by Gasteiger charge is -2.14. The third kappa shape index (κ3) is 4.75. The second-order valence-electron chi connectivity index (χ2n) is 4.01. The maximum absolute atomic E-state index is 11.8. The van der Waals surface area contributed by atoms with Crippen LogP contribution in [0.4, 0.5) is 0 Å². The number of benzene rings is 1. The molecule has 1 amide bonds. The zero-order valence-corrected chi connectivity index (χ0v) is 10.7. The number of aliphatic hydroxyl groups excluding tert-OH is 1. The molecular weight excluding hydrogens is 238 g/mol. The van der Waals surface area contributed by atoms with Crippen molar-refractivity contribution in [3.05, 3.63) is 34.9 Å². The van der Waals surface area contributed by atoms with Crippen molar-refractivity contribution in [2.45, 2.75) is 19.8 Å². The lowest BCUT2D eigenvalue weighted by Crippen LogP contribution is -2.29. The molecule has 0 saturated carbocycles. The van der Waals surface area contributed by atoms with Gasteiger partial charge in [0.15, 0.2) is 0 Å². The maximum Gasteiger partial charge on any atom is 0.251 e. The Hall–Kier alpha value is -1.06. The Kier molecular flexibility index (Phi) is 6.01. The van der Waals surface area contributed by atoms with Crippen molar-refractivity contribution in [2.75, 3.05) is 13.2 Å². The zero-order chi connectivity index (χ0) is 12.7. The van der Waals surface area contributed by atoms with E-state index in [1.54, 1.807) is 24.3 Å². The van der Waals surface area contributed by atoms with Gasteiger partial charge in [0.25, 0.3) is 5.91 Å². The van der Waals surface area contributed by atoms with Gasteiger partial charge in [-0.25, -0.2) is 0 Å². The van der Waals surface area contributed by atoms with Crippen LogP contribution in [0.25, 0.3) is 0 Å². The van der Waals surface area contributed by atoms with E-state index in [1.807, 2.05) is 6.92 Å². The van der Waals surface area contributed by atoms with Gasteiger partial charge in [0, 0.05) is 23.7 Å². The van der Waals surface area contributed by atoms with Crippen molar-refractivity contribution >= 4 is 17.5 Å². The summed E-state index contributed by atoms with van der Waals surface area (Å²) in [6.07, 6.45) is 1.66. The topological polar surface area (TPSA) is 49.3 Å². The van der Waals surface area contributed by atoms with Gasteiger partial charge in [0.2, 0.25) is 0 Å². The fraction of sp³-hybridized carbons (Fsp3) is 0.462. The van der Waals surface area contributed by atoms with Crippen molar-refractivity contribution < 1.29 is 9.90 Å². The van der Waals surface area contributed by atoms with E-state index in [9.17, 15) is 4.79 Å². The Balaban J connectivity index is 2.49. The van der Waals surface area contributed by atoms with Crippen LogP contribution in [0.1, 0.15) is 30.1 Å². The third-order valence-corrected chi connectivity index (χ3v) is 2.99. The van der Waals surface area contributed by atoms with Gasteiger partial charge in [-0.2, -0.15) is 0 Å². The average Bonchev–Trinajstić information content (AvgIpc) is 2.34. The Morgan fingerprint density at radius 1 is 1.53 bits per heavy atom. The lowest BCUT2D eigenvalue weighted by molar-refractivity contribution is 0.0943. The van der Waals surface area contributed by atoms with Gasteiger partial charge < -0.3 is 10.4 Å². The number of aliphatic hydroxyl groups is 1. The SMILES string of the molecule is CCC(CCO)CNC(=O)c1cccc(Cl)c1. The van der Waals surface area contributed by atoms with Crippen molar-refractivity contribution in [3.63, 3.8) is 0 Å². The number of carbonyl (C=O) groups is 1. The number of rotatable bonds is 6. The van der Waals surface area contributed by atoms with Crippen LogP contribution >= 0.6 is 11.6 Å². The molecule has 0 heterocycles. The molecule has 0 spiro atoms. The van der Waals surface area contributed by atoms with E-state index >= 15 is 0 Å². The molecule has 94 valence electrons. The number of amides is 1. The molecule has 0 aromatic heterocycles. The molecule has 2 N–H and O–H groups in total. The second-order valence-corrected chi connectivity index (χ2v) is 4.44. The van der Waals surface area contributed by atoms with Gasteiger partial charge in [-0.1, -0.05) is 31.0 Å². The second kappa shape index (κ2) is 7.30. The van der Waals surface area contributed by atoms with Gasteiger partial charge in [0.1, 0.15) is 0 Å². The van der Waals surface area contributed by atoms with Gasteiger partial charge in [-0.05, 0) is 30.5 Å². The summed E-state index contributed by atoms with van der Waals surface area (Å²) >= 11 is 5.82. The van der Waals surface area contributed by atoms with Crippen LogP contribution in [0.2, 0.25) is 5.02 Å². The van der Waals surface area contributed by atoms with E-state index < -0.39 is 0 Å². The molecule has 3 nitrogen and oxygen atoms in total. The van der Waals surface area contributed by atoms with E-state index in [4.69, 9.17) is 16.7 Å². The monoisotopic (exact) mass is 255 g/mol. The standard InChI is InChI=1S/C13H18ClNO2/c1-2-10(6-7-16)9-15-13(17)11-4-3-5-12(14)8-11/h3-5,8,10,16H,2,6-7,9H2,1H3,(H,15,17). The van der Waals surface area contributed by atoms with E-state index in [0.717, 1.165) is 6.42 Å². The minimum Gasteiger partial charge on any atom is -0.396 e. The predicted octanol–water partition coefficient (Wildman–Crippen LogP) is 2.48. The fourth-order valence-corrected chi connectivity index (χ4v) is 1.79. The molecule has 0 fully saturated rings. The highest BCUT2D eigenvalue weighted by atomic mass is 35.5. The molecular formula is C13H18ClNO2. The van der Waals surface area contributed by atoms with Crippen LogP contribution < -0.4 is 5.32 Å². The number of hydrogen-bond donors (Lipinski definition) is 2. The van der Waals surface area contributed by atoms with Crippen molar-refractivity contribution in [1.29, 1.82) is 0 Å². The molecule has 0 bridgehead atoms. The highest BCUT2D eigenvalue weighted by molar-refractivity contribution is 6.30. The molecule has 1 unspecified atom stereocenters. The Labute approximate surface area is 107 Å². The summed E-state index contributed by atoms with van der Waals surface area (Å²) in [5, 5.41) is 12.3. The first-order valence-corrected chi connectivity index (χ1v) is 6.19. The summed E-state index contributed by atoms with van der Waals surface area (Å²) in [6, 6.07) is 6.86. The first-order valence-electron chi connectivity index (χ1n) is 5.82. The molecule has 1 atom stereocenters. The summed E-state index contributed by atoms with van der Waals surface area (Å²) in [7, 11) is 0. The fourth-order valence-electron chi connectivity index (χ4n) is 1.60. The molecule has 4 heteroatoms. The zero-order valence-electron chi connectivity index (χ0n) is 9.95. The number of carbonyl (C=O) groups excluding carboxylic acids is 1. The third-order valence-electron chi connectivity index (χ3n) is 2.75. The minimum atomic E-state index is -0.121. The van der Waals surface area contributed by atoms with Crippen molar-refractivity contribution in [2.24, 2.45) is 5.92 Å². The smallest absolute Gasteiger partial charge is 0.251 e. The Morgan fingerprint density at radius 2 is 2.29 bits per heavy atom. The summed E-state index contributed by atoms with van der Waals surface area (Å²) in [6.45, 7) is 2.79. The van der Waals surface area contributed by atoms with E-state index in [1.165, 1.54) is 0 Å². The molecule has 1 rings (SSSR count). The average molecular weight is 256 g/mol. The highest BCUT2D eigenvalue weighted by Gasteiger charge is 2.09. The minimum absolute atomic E-state index is 0.121. The number of halogens is 1. The lowest BCUT2D eigenvalue weighted by atomic mass is 10.0. The number of hydrogen-bond acceptors (Lipinski definition) is 2. The summed E-state index contributed by atoms with van der Waals surface area (Å²) in [5.41, 5.74) is 0.566. The van der Waals surface area contributed by atoms with Crippen molar-refractivity contribution in [1.82, 2.24) is 5.32 Å². The highest BCUT2D eigenvalue weighted by Crippen LogP contribution is 2.11. The Bertz CT molecular complexity index is 368. The van der Waals surface area contributed by atoms with Crippen LogP contribution in [0, 0.1) is 5.92 Å². The van der Waals surface area contributed by atoms with Gasteiger partial charge in [0.05, 0.1) is 0 Å². The van der Waals surface area contributed by atoms with Crippen LogP contribution in [0.15, 0.2) is 24.3 Å². The van der Waals surface area contributed by atoms with Crippen LogP contribution in [0.5, 0.6) is 0 Å². The van der Waals surface area contributed by atoms with Crippen molar-refractivity contribution in [3.8, 4) is 0 Å². The quantitative estimate of drug-likeness (QED) is 0.821. The molecule has 0 aliphatic heterocycles. The Morgan fingerprint density at radius 3 is 2.88 bits per heavy atom. The molecule has 0 saturated heterocycles.